The largest absolute Gasteiger partial charge is 0.333 e. The summed E-state index contributed by atoms with van der Waals surface area (Å²) in [6.45, 7) is 2.01. The van der Waals surface area contributed by atoms with Gasteiger partial charge in [0, 0.05) is 4.90 Å². The zero-order valence-corrected chi connectivity index (χ0v) is 11.2. The Hall–Kier alpha value is -2.25. The van der Waals surface area contributed by atoms with E-state index in [1.165, 1.54) is 11.8 Å². The highest BCUT2D eigenvalue weighted by atomic mass is 32.2. The number of aromatic amines is 1. The van der Waals surface area contributed by atoms with E-state index >= 15 is 0 Å². The lowest BCUT2D eigenvalue weighted by Crippen LogP contribution is -1.86. The molecule has 1 heterocycles. The molecule has 3 aromatic rings. The number of hydrogen-bond acceptors (Lipinski definition) is 3. The topological polar surface area (TPSA) is 52.5 Å². The van der Waals surface area contributed by atoms with Crippen molar-refractivity contribution in [2.24, 2.45) is 0 Å². The van der Waals surface area contributed by atoms with Crippen LogP contribution in [0.4, 0.5) is 0 Å². The number of imidazole rings is 1. The van der Waals surface area contributed by atoms with Gasteiger partial charge in [-0.1, -0.05) is 36.0 Å². The van der Waals surface area contributed by atoms with E-state index < -0.39 is 0 Å². The fourth-order valence-corrected chi connectivity index (χ4v) is 2.90. The Balaban J connectivity index is 2.04. The summed E-state index contributed by atoms with van der Waals surface area (Å²) in [6, 6.07) is 15.9. The highest BCUT2D eigenvalue weighted by molar-refractivity contribution is 7.99. The predicted molar refractivity (Wildman–Crippen MR) is 76.1 cm³/mol. The van der Waals surface area contributed by atoms with Gasteiger partial charge in [-0.25, -0.2) is 4.98 Å². The van der Waals surface area contributed by atoms with E-state index in [2.05, 4.69) is 16.0 Å². The molecule has 1 N–H and O–H groups in total. The van der Waals surface area contributed by atoms with Crippen LogP contribution in [-0.2, 0) is 0 Å². The molecule has 0 spiro atoms. The molecule has 1 aromatic heterocycles. The van der Waals surface area contributed by atoms with E-state index in [1.807, 2.05) is 49.4 Å². The van der Waals surface area contributed by atoms with Crippen LogP contribution in [0.15, 0.2) is 52.5 Å². The molecular weight excluding hydrogens is 254 g/mol. The number of nitrogens with zero attached hydrogens (tertiary/aromatic N) is 2. The molecule has 0 saturated carbocycles. The van der Waals surface area contributed by atoms with Crippen molar-refractivity contribution in [2.45, 2.75) is 17.0 Å². The van der Waals surface area contributed by atoms with E-state index in [0.717, 1.165) is 26.6 Å². The fourth-order valence-electron chi connectivity index (χ4n) is 1.95. The summed E-state index contributed by atoms with van der Waals surface area (Å²) in [5.74, 6) is 0. The third-order valence-corrected chi connectivity index (χ3v) is 4.03. The van der Waals surface area contributed by atoms with Crippen LogP contribution < -0.4 is 0 Å². The number of aromatic nitrogens is 2. The number of nitriles is 1. The molecule has 0 unspecified atom stereocenters. The van der Waals surface area contributed by atoms with Crippen molar-refractivity contribution in [1.82, 2.24) is 9.97 Å². The standard InChI is InChI=1S/C15H11N3S/c1-10-5-4-6-11(9-16)14(10)19-15-17-12-7-2-3-8-13(12)18-15/h2-8H,1H3,(H,17,18). The van der Waals surface area contributed by atoms with Gasteiger partial charge in [-0.05, 0) is 30.7 Å². The zero-order valence-electron chi connectivity index (χ0n) is 10.3. The van der Waals surface area contributed by atoms with E-state index in [9.17, 15) is 0 Å². The first-order valence-corrected chi connectivity index (χ1v) is 6.72. The lowest BCUT2D eigenvalue weighted by Gasteiger charge is -2.04. The smallest absolute Gasteiger partial charge is 0.171 e. The average Bonchev–Trinajstić information content (AvgIpc) is 2.83. The monoisotopic (exact) mass is 265 g/mol. The SMILES string of the molecule is Cc1cccc(C#N)c1Sc1nc2ccccc2[nH]1. The van der Waals surface area contributed by atoms with E-state index in [0.29, 0.717) is 5.56 Å². The molecule has 92 valence electrons. The van der Waals surface area contributed by atoms with Gasteiger partial charge in [0.05, 0.1) is 16.6 Å². The molecule has 4 heteroatoms. The number of fused-ring (bicyclic) bond motifs is 1. The molecule has 3 rings (SSSR count). The van der Waals surface area contributed by atoms with Crippen molar-refractivity contribution in [1.29, 1.82) is 5.26 Å². The lowest BCUT2D eigenvalue weighted by atomic mass is 10.1. The van der Waals surface area contributed by atoms with E-state index in [4.69, 9.17) is 5.26 Å². The molecule has 0 amide bonds. The molecule has 0 saturated heterocycles. The molecule has 0 bridgehead atoms. The number of benzene rings is 2. The summed E-state index contributed by atoms with van der Waals surface area (Å²) in [5.41, 5.74) is 3.73. The van der Waals surface area contributed by atoms with Crippen LogP contribution in [0.1, 0.15) is 11.1 Å². The molecule has 2 aromatic carbocycles. The molecule has 0 aliphatic carbocycles. The van der Waals surface area contributed by atoms with Crippen molar-refractivity contribution in [3.8, 4) is 6.07 Å². The predicted octanol–water partition coefficient (Wildman–Crippen LogP) is 3.89. The summed E-state index contributed by atoms with van der Waals surface area (Å²) < 4.78 is 0. The molecule has 0 atom stereocenters. The van der Waals surface area contributed by atoms with Gasteiger partial charge in [0.15, 0.2) is 5.16 Å². The quantitative estimate of drug-likeness (QED) is 0.764. The van der Waals surface area contributed by atoms with E-state index in [-0.39, 0.29) is 0 Å². The lowest BCUT2D eigenvalue weighted by molar-refractivity contribution is 1.07. The van der Waals surface area contributed by atoms with Crippen LogP contribution in [0.2, 0.25) is 0 Å². The van der Waals surface area contributed by atoms with Crippen LogP contribution in [0.3, 0.4) is 0 Å². The van der Waals surface area contributed by atoms with Crippen molar-refractivity contribution in [3.63, 3.8) is 0 Å². The minimum absolute atomic E-state index is 0.686. The Morgan fingerprint density at radius 1 is 1.16 bits per heavy atom. The maximum Gasteiger partial charge on any atom is 0.171 e. The molecule has 0 aliphatic heterocycles. The zero-order chi connectivity index (χ0) is 13.2. The normalized spacial score (nSPS) is 10.5. The second-order valence-corrected chi connectivity index (χ2v) is 5.22. The summed E-state index contributed by atoms with van der Waals surface area (Å²) in [4.78, 5) is 8.75. The Kier molecular flexibility index (Phi) is 2.98. The Bertz CT molecular complexity index is 750. The molecule has 3 nitrogen and oxygen atoms in total. The summed E-state index contributed by atoms with van der Waals surface area (Å²) in [5, 5.41) is 9.98. The number of para-hydroxylation sites is 2. The molecule has 0 fully saturated rings. The summed E-state index contributed by atoms with van der Waals surface area (Å²) >= 11 is 1.50. The van der Waals surface area contributed by atoms with Crippen LogP contribution >= 0.6 is 11.8 Å². The van der Waals surface area contributed by atoms with Gasteiger partial charge in [-0.3, -0.25) is 0 Å². The highest BCUT2D eigenvalue weighted by Crippen LogP contribution is 2.32. The maximum atomic E-state index is 9.17. The van der Waals surface area contributed by atoms with Gasteiger partial charge in [-0.15, -0.1) is 0 Å². The van der Waals surface area contributed by atoms with Crippen LogP contribution in [-0.4, -0.2) is 9.97 Å². The van der Waals surface area contributed by atoms with Crippen molar-refractivity contribution in [3.05, 3.63) is 53.6 Å². The van der Waals surface area contributed by atoms with Crippen LogP contribution in [0, 0.1) is 18.3 Å². The van der Waals surface area contributed by atoms with E-state index in [1.54, 1.807) is 0 Å². The second-order valence-electron chi connectivity index (χ2n) is 4.22. The highest BCUT2D eigenvalue weighted by Gasteiger charge is 2.10. The summed E-state index contributed by atoms with van der Waals surface area (Å²) in [7, 11) is 0. The number of aryl methyl sites for hydroxylation is 1. The van der Waals surface area contributed by atoms with Gasteiger partial charge in [0.1, 0.15) is 6.07 Å². The number of rotatable bonds is 2. The van der Waals surface area contributed by atoms with Crippen LogP contribution in [0.25, 0.3) is 11.0 Å². The molecule has 0 radical (unpaired) electrons. The van der Waals surface area contributed by atoms with Gasteiger partial charge in [-0.2, -0.15) is 5.26 Å². The third kappa shape index (κ3) is 2.20. The molecule has 19 heavy (non-hydrogen) atoms. The number of H-pyrrole nitrogens is 1. The van der Waals surface area contributed by atoms with Gasteiger partial charge in [0.2, 0.25) is 0 Å². The van der Waals surface area contributed by atoms with Gasteiger partial charge >= 0.3 is 0 Å². The second kappa shape index (κ2) is 4.79. The Morgan fingerprint density at radius 3 is 2.79 bits per heavy atom. The maximum absolute atomic E-state index is 9.17. The average molecular weight is 265 g/mol. The van der Waals surface area contributed by atoms with Crippen LogP contribution in [0.5, 0.6) is 0 Å². The van der Waals surface area contributed by atoms with Gasteiger partial charge < -0.3 is 4.98 Å². The Labute approximate surface area is 115 Å². The molecule has 0 aliphatic rings. The first-order valence-electron chi connectivity index (χ1n) is 5.90. The number of hydrogen-bond donors (Lipinski definition) is 1. The summed E-state index contributed by atoms with van der Waals surface area (Å²) in [6.07, 6.45) is 0. The van der Waals surface area contributed by atoms with Crippen molar-refractivity contribution in [2.75, 3.05) is 0 Å². The van der Waals surface area contributed by atoms with Gasteiger partial charge in [0.25, 0.3) is 0 Å². The Morgan fingerprint density at radius 2 is 2.00 bits per heavy atom. The number of nitrogens with one attached hydrogen (secondary N) is 1. The first kappa shape index (κ1) is 11.8. The van der Waals surface area contributed by atoms with Crippen molar-refractivity contribution < 1.29 is 0 Å². The first-order chi connectivity index (χ1) is 9.28. The third-order valence-electron chi connectivity index (χ3n) is 2.90. The molecular formula is C15H11N3S. The van der Waals surface area contributed by atoms with Crippen molar-refractivity contribution >= 4 is 22.8 Å². The minimum Gasteiger partial charge on any atom is -0.333 e. The minimum atomic E-state index is 0.686. The fraction of sp³-hybridized carbons (Fsp3) is 0.0667.